The molecule has 2 aromatic rings. The summed E-state index contributed by atoms with van der Waals surface area (Å²) in [5.74, 6) is 0. The molecule has 2 amide bonds. The van der Waals surface area contributed by atoms with Crippen molar-refractivity contribution in [3.63, 3.8) is 0 Å². The van der Waals surface area contributed by atoms with Crippen molar-refractivity contribution >= 4 is 28.3 Å². The second-order valence-corrected chi connectivity index (χ2v) is 5.05. The molecule has 1 atom stereocenters. The third kappa shape index (κ3) is 4.01. The Labute approximate surface area is 121 Å². The van der Waals surface area contributed by atoms with Crippen molar-refractivity contribution in [1.82, 2.24) is 14.9 Å². The summed E-state index contributed by atoms with van der Waals surface area (Å²) in [7, 11) is 0. The van der Waals surface area contributed by atoms with Crippen LogP contribution in [-0.4, -0.2) is 22.2 Å². The number of hydrogen-bond donors (Lipinski definition) is 3. The zero-order valence-electron chi connectivity index (χ0n) is 11.4. The highest BCUT2D eigenvalue weighted by Gasteiger charge is 2.06. The summed E-state index contributed by atoms with van der Waals surface area (Å²) in [6, 6.07) is 7.75. The number of urea groups is 1. The minimum atomic E-state index is -0.302. The lowest BCUT2D eigenvalue weighted by Gasteiger charge is -2.13. The van der Waals surface area contributed by atoms with Crippen molar-refractivity contribution < 1.29 is 4.79 Å². The molecule has 0 aliphatic rings. The number of rotatable bonds is 5. The second kappa shape index (κ2) is 6.97. The second-order valence-electron chi connectivity index (χ2n) is 4.26. The van der Waals surface area contributed by atoms with Gasteiger partial charge in [-0.2, -0.15) is 0 Å². The molecule has 6 nitrogen and oxygen atoms in total. The van der Waals surface area contributed by atoms with Crippen LogP contribution in [0.4, 0.5) is 15.5 Å². The summed E-state index contributed by atoms with van der Waals surface area (Å²) in [6.07, 6.45) is 1.51. The van der Waals surface area contributed by atoms with Crippen LogP contribution < -0.4 is 16.0 Å². The van der Waals surface area contributed by atoms with Crippen LogP contribution in [0.5, 0.6) is 0 Å². The molecule has 3 N–H and O–H groups in total. The number of benzene rings is 1. The lowest BCUT2D eigenvalue weighted by Crippen LogP contribution is -2.19. The first-order valence-corrected chi connectivity index (χ1v) is 7.15. The Hall–Kier alpha value is -1.99. The summed E-state index contributed by atoms with van der Waals surface area (Å²) >= 11 is 1.13. The topological polar surface area (TPSA) is 78.9 Å². The highest BCUT2D eigenvalue weighted by atomic mass is 32.1. The number of nitrogens with zero attached hydrogens (tertiary/aromatic N) is 2. The van der Waals surface area contributed by atoms with Gasteiger partial charge in [-0.05, 0) is 31.2 Å². The number of nitrogens with one attached hydrogen (secondary N) is 3. The monoisotopic (exact) mass is 291 g/mol. The Kier molecular flexibility index (Phi) is 5.03. The minimum Gasteiger partial charge on any atom is -0.310 e. The van der Waals surface area contributed by atoms with Gasteiger partial charge in [0.25, 0.3) is 0 Å². The van der Waals surface area contributed by atoms with E-state index in [1.807, 2.05) is 24.3 Å². The number of carbonyl (C=O) groups excluding carboxylic acids is 1. The smallest absolute Gasteiger partial charge is 0.310 e. The molecular weight excluding hydrogens is 274 g/mol. The first-order chi connectivity index (χ1) is 9.69. The SMILES string of the molecule is CCNC(C)c1ccc(NC(=O)Nc2cnns2)cc1. The summed E-state index contributed by atoms with van der Waals surface area (Å²) in [5, 5.41) is 13.0. The molecule has 0 radical (unpaired) electrons. The molecule has 106 valence electrons. The highest BCUT2D eigenvalue weighted by molar-refractivity contribution is 7.10. The number of aromatic nitrogens is 2. The van der Waals surface area contributed by atoms with Crippen molar-refractivity contribution in [3.05, 3.63) is 36.0 Å². The summed E-state index contributed by atoms with van der Waals surface area (Å²) in [6.45, 7) is 5.10. The maximum Gasteiger partial charge on any atom is 0.324 e. The van der Waals surface area contributed by atoms with Crippen molar-refractivity contribution in [3.8, 4) is 0 Å². The molecule has 0 aliphatic carbocycles. The molecule has 20 heavy (non-hydrogen) atoms. The van der Waals surface area contributed by atoms with Crippen molar-refractivity contribution in [2.24, 2.45) is 0 Å². The maximum atomic E-state index is 11.7. The fraction of sp³-hybridized carbons (Fsp3) is 0.308. The standard InChI is InChI=1S/C13H17N5OS/c1-3-14-9(2)10-4-6-11(7-5-10)16-13(19)17-12-8-15-18-20-12/h4-9,14H,3H2,1-2H3,(H2,16,17,19). The van der Waals surface area contributed by atoms with Crippen LogP contribution in [0.2, 0.25) is 0 Å². The van der Waals surface area contributed by atoms with E-state index < -0.39 is 0 Å². The van der Waals surface area contributed by atoms with E-state index in [-0.39, 0.29) is 6.03 Å². The van der Waals surface area contributed by atoms with Crippen LogP contribution in [0.15, 0.2) is 30.5 Å². The van der Waals surface area contributed by atoms with E-state index in [4.69, 9.17) is 0 Å². The molecule has 1 unspecified atom stereocenters. The van der Waals surface area contributed by atoms with E-state index in [2.05, 4.69) is 39.4 Å². The van der Waals surface area contributed by atoms with E-state index in [9.17, 15) is 4.79 Å². The van der Waals surface area contributed by atoms with Gasteiger partial charge in [0.2, 0.25) is 0 Å². The van der Waals surface area contributed by atoms with E-state index in [1.54, 1.807) is 0 Å². The van der Waals surface area contributed by atoms with Crippen LogP contribution in [0.25, 0.3) is 0 Å². The number of hydrogen-bond acceptors (Lipinski definition) is 5. The zero-order valence-corrected chi connectivity index (χ0v) is 12.2. The number of carbonyl (C=O) groups is 1. The van der Waals surface area contributed by atoms with Crippen LogP contribution >= 0.6 is 11.5 Å². The average molecular weight is 291 g/mol. The van der Waals surface area contributed by atoms with Gasteiger partial charge in [0, 0.05) is 23.3 Å². The highest BCUT2D eigenvalue weighted by Crippen LogP contribution is 2.16. The Bertz CT molecular complexity index is 540. The van der Waals surface area contributed by atoms with Gasteiger partial charge in [-0.25, -0.2) is 4.79 Å². The van der Waals surface area contributed by atoms with Gasteiger partial charge >= 0.3 is 6.03 Å². The van der Waals surface area contributed by atoms with E-state index >= 15 is 0 Å². The quantitative estimate of drug-likeness (QED) is 0.791. The van der Waals surface area contributed by atoms with Gasteiger partial charge in [-0.15, -0.1) is 5.10 Å². The Morgan fingerprint density at radius 1 is 1.30 bits per heavy atom. The molecule has 1 heterocycles. The van der Waals surface area contributed by atoms with Gasteiger partial charge < -0.3 is 10.6 Å². The first kappa shape index (κ1) is 14.4. The predicted molar refractivity (Wildman–Crippen MR) is 81.1 cm³/mol. The Morgan fingerprint density at radius 3 is 2.65 bits per heavy atom. The van der Waals surface area contributed by atoms with Crippen molar-refractivity contribution in [2.45, 2.75) is 19.9 Å². The lowest BCUT2D eigenvalue weighted by atomic mass is 10.1. The summed E-state index contributed by atoms with van der Waals surface area (Å²) < 4.78 is 3.67. The van der Waals surface area contributed by atoms with Crippen molar-refractivity contribution in [1.29, 1.82) is 0 Å². The zero-order chi connectivity index (χ0) is 14.4. The van der Waals surface area contributed by atoms with Gasteiger partial charge in [-0.1, -0.05) is 23.5 Å². The van der Waals surface area contributed by atoms with Crippen LogP contribution in [0.1, 0.15) is 25.5 Å². The fourth-order valence-electron chi connectivity index (χ4n) is 1.78. The average Bonchev–Trinajstić information content (AvgIpc) is 2.92. The lowest BCUT2D eigenvalue weighted by molar-refractivity contribution is 0.262. The molecule has 0 fully saturated rings. The molecule has 0 aliphatic heterocycles. The predicted octanol–water partition coefficient (Wildman–Crippen LogP) is 2.85. The third-order valence-corrected chi connectivity index (χ3v) is 3.36. The number of anilines is 2. The third-order valence-electron chi connectivity index (χ3n) is 2.78. The molecule has 0 bridgehead atoms. The van der Waals surface area contributed by atoms with E-state index in [0.29, 0.717) is 11.0 Å². The van der Waals surface area contributed by atoms with E-state index in [1.165, 1.54) is 11.8 Å². The normalized spacial score (nSPS) is 11.9. The van der Waals surface area contributed by atoms with Crippen LogP contribution in [-0.2, 0) is 0 Å². The minimum absolute atomic E-state index is 0.297. The van der Waals surface area contributed by atoms with Crippen LogP contribution in [0.3, 0.4) is 0 Å². The summed E-state index contributed by atoms with van der Waals surface area (Å²) in [5.41, 5.74) is 1.93. The molecule has 2 rings (SSSR count). The van der Waals surface area contributed by atoms with Gasteiger partial charge in [0.1, 0.15) is 5.00 Å². The molecule has 0 saturated heterocycles. The van der Waals surface area contributed by atoms with Crippen molar-refractivity contribution in [2.75, 3.05) is 17.2 Å². The Balaban J connectivity index is 1.91. The molecular formula is C13H17N5OS. The first-order valence-electron chi connectivity index (χ1n) is 6.37. The molecule has 0 spiro atoms. The van der Waals surface area contributed by atoms with Crippen LogP contribution in [0, 0.1) is 0 Å². The molecule has 1 aromatic heterocycles. The Morgan fingerprint density at radius 2 is 2.05 bits per heavy atom. The largest absolute Gasteiger partial charge is 0.324 e. The van der Waals surface area contributed by atoms with Gasteiger partial charge in [-0.3, -0.25) is 5.32 Å². The summed E-state index contributed by atoms with van der Waals surface area (Å²) in [4.78, 5) is 11.7. The molecule has 0 saturated carbocycles. The molecule has 7 heteroatoms. The molecule has 1 aromatic carbocycles. The fourth-order valence-corrected chi connectivity index (χ4v) is 2.19. The maximum absolute atomic E-state index is 11.7. The van der Waals surface area contributed by atoms with Gasteiger partial charge in [0.05, 0.1) is 6.20 Å². The number of amides is 2. The van der Waals surface area contributed by atoms with Gasteiger partial charge in [0.15, 0.2) is 0 Å². The van der Waals surface area contributed by atoms with E-state index in [0.717, 1.165) is 23.8 Å².